The summed E-state index contributed by atoms with van der Waals surface area (Å²) >= 11 is 7.74. The number of aromatic nitrogens is 5. The van der Waals surface area contributed by atoms with Crippen LogP contribution in [-0.4, -0.2) is 49.2 Å². The summed E-state index contributed by atoms with van der Waals surface area (Å²) in [5.41, 5.74) is 3.45. The summed E-state index contributed by atoms with van der Waals surface area (Å²) in [7, 11) is 3.43. The van der Waals surface area contributed by atoms with Crippen molar-refractivity contribution in [1.82, 2.24) is 29.6 Å². The molecule has 1 aliphatic heterocycles. The van der Waals surface area contributed by atoms with E-state index in [1.165, 1.54) is 5.56 Å². The average molecular weight is 494 g/mol. The van der Waals surface area contributed by atoms with Crippen LogP contribution in [0.4, 0.5) is 11.5 Å². The van der Waals surface area contributed by atoms with E-state index in [4.69, 9.17) is 16.3 Å². The Bertz CT molecular complexity index is 1570. The van der Waals surface area contributed by atoms with Crippen LogP contribution in [-0.2, 0) is 20.0 Å². The third kappa shape index (κ3) is 3.29. The number of H-pyrrole nitrogens is 1. The van der Waals surface area contributed by atoms with E-state index < -0.39 is 0 Å². The van der Waals surface area contributed by atoms with Gasteiger partial charge in [-0.25, -0.2) is 9.97 Å². The minimum atomic E-state index is -0.0277. The lowest BCUT2D eigenvalue weighted by atomic mass is 10.0. The molecule has 5 heterocycles. The minimum Gasteiger partial charge on any atom is -0.494 e. The van der Waals surface area contributed by atoms with Crippen LogP contribution >= 0.6 is 22.9 Å². The number of nitrogens with zero attached hydrogens (tertiary/aromatic N) is 5. The first kappa shape index (κ1) is 20.9. The molecule has 2 N–H and O–H groups in total. The Hall–Kier alpha value is -3.63. The van der Waals surface area contributed by atoms with Crippen molar-refractivity contribution in [2.45, 2.75) is 13.0 Å². The maximum atomic E-state index is 13.1. The number of aromatic amines is 1. The van der Waals surface area contributed by atoms with Crippen LogP contribution in [0.5, 0.6) is 5.75 Å². The second-order valence-corrected chi connectivity index (χ2v) is 9.59. The van der Waals surface area contributed by atoms with Gasteiger partial charge in [0.25, 0.3) is 5.91 Å². The van der Waals surface area contributed by atoms with Crippen molar-refractivity contribution >= 4 is 61.5 Å². The van der Waals surface area contributed by atoms with E-state index in [9.17, 15) is 4.79 Å². The number of methoxy groups -OCH3 is 1. The number of thiophene rings is 1. The number of carbonyl (C=O) groups is 1. The fourth-order valence-electron chi connectivity index (χ4n) is 4.42. The lowest BCUT2D eigenvalue weighted by Gasteiger charge is -2.27. The van der Waals surface area contributed by atoms with Crippen LogP contribution in [0.3, 0.4) is 0 Å². The number of fused-ring (bicyclic) bond motifs is 4. The molecule has 0 radical (unpaired) electrons. The van der Waals surface area contributed by atoms with Gasteiger partial charge in [-0.05, 0) is 30.2 Å². The van der Waals surface area contributed by atoms with Gasteiger partial charge < -0.3 is 19.5 Å². The van der Waals surface area contributed by atoms with Gasteiger partial charge in [0, 0.05) is 29.9 Å². The molecule has 5 aromatic rings. The highest BCUT2D eigenvalue weighted by molar-refractivity contribution is 7.19. The topological polar surface area (TPSA) is 101 Å². The van der Waals surface area contributed by atoms with E-state index in [-0.39, 0.29) is 5.91 Å². The molecule has 34 heavy (non-hydrogen) atoms. The summed E-state index contributed by atoms with van der Waals surface area (Å²) in [6.07, 6.45) is 4.05. The molecule has 1 aliphatic rings. The monoisotopic (exact) mass is 493 g/mol. The van der Waals surface area contributed by atoms with E-state index >= 15 is 0 Å². The van der Waals surface area contributed by atoms with Gasteiger partial charge in [-0.1, -0.05) is 11.6 Å². The van der Waals surface area contributed by atoms with Crippen molar-refractivity contribution in [3.8, 4) is 5.75 Å². The molecule has 0 unspecified atom stereocenters. The summed E-state index contributed by atoms with van der Waals surface area (Å²) in [4.78, 5) is 26.0. The van der Waals surface area contributed by atoms with Gasteiger partial charge in [-0.2, -0.15) is 5.10 Å². The minimum absolute atomic E-state index is 0.0277. The molecular formula is C23H20ClN7O2S. The molecule has 172 valence electrons. The number of amides is 1. The first-order valence-electron chi connectivity index (χ1n) is 10.7. The Morgan fingerprint density at radius 2 is 2.18 bits per heavy atom. The highest BCUT2D eigenvalue weighted by Gasteiger charge is 2.28. The molecule has 4 aromatic heterocycles. The predicted molar refractivity (Wildman–Crippen MR) is 132 cm³/mol. The summed E-state index contributed by atoms with van der Waals surface area (Å²) in [6, 6.07) is 7.40. The molecule has 0 saturated heterocycles. The van der Waals surface area contributed by atoms with Crippen molar-refractivity contribution in [3.05, 3.63) is 58.1 Å². The quantitative estimate of drug-likeness (QED) is 0.382. The molecule has 0 bridgehead atoms. The molecule has 0 saturated carbocycles. The molecule has 11 heteroatoms. The Labute approximate surface area is 203 Å². The van der Waals surface area contributed by atoms with E-state index in [0.29, 0.717) is 29.7 Å². The summed E-state index contributed by atoms with van der Waals surface area (Å²) in [5, 5.41) is 13.0. The number of nitrogens with one attached hydrogen (secondary N) is 2. The lowest BCUT2D eigenvalue weighted by Crippen LogP contribution is -2.36. The van der Waals surface area contributed by atoms with Crippen molar-refractivity contribution in [1.29, 1.82) is 0 Å². The maximum Gasteiger partial charge on any atom is 0.270 e. The van der Waals surface area contributed by atoms with Crippen LogP contribution in [0, 0.1) is 0 Å². The smallest absolute Gasteiger partial charge is 0.270 e. The number of halogens is 1. The summed E-state index contributed by atoms with van der Waals surface area (Å²) < 4.78 is 7.30. The first-order chi connectivity index (χ1) is 16.5. The number of carbonyl (C=O) groups excluding carboxylic acids is 1. The average Bonchev–Trinajstić information content (AvgIpc) is 3.55. The summed E-state index contributed by atoms with van der Waals surface area (Å²) in [5.74, 6) is 1.38. The normalized spacial score (nSPS) is 13.4. The standard InChI is InChI=1S/C23H20ClN7O2S/c1-30-16(3-4-19(30)24)23(32)31-6-5-13-18(10-31)34-22-20(13)21(25-11-26-22)28-15-7-12-9-27-29-14(12)8-17(15)33-2/h3-4,7-9,11H,5-6,10H2,1-2H3,(H,27,29)(H,25,26,28). The molecule has 0 aliphatic carbocycles. The largest absolute Gasteiger partial charge is 0.494 e. The molecule has 6 rings (SSSR count). The predicted octanol–water partition coefficient (Wildman–Crippen LogP) is 4.51. The van der Waals surface area contributed by atoms with E-state index in [1.54, 1.807) is 54.7 Å². The second-order valence-electron chi connectivity index (χ2n) is 8.12. The van der Waals surface area contributed by atoms with Crippen molar-refractivity contribution in [3.63, 3.8) is 0 Å². The van der Waals surface area contributed by atoms with Gasteiger partial charge in [0.2, 0.25) is 0 Å². The Morgan fingerprint density at radius 1 is 1.29 bits per heavy atom. The molecule has 0 spiro atoms. The van der Waals surface area contributed by atoms with Crippen molar-refractivity contribution in [2.75, 3.05) is 19.0 Å². The van der Waals surface area contributed by atoms with E-state index in [0.717, 1.165) is 43.9 Å². The molecule has 0 atom stereocenters. The van der Waals surface area contributed by atoms with Gasteiger partial charge in [-0.3, -0.25) is 9.89 Å². The Kier molecular flexibility index (Phi) is 4.93. The van der Waals surface area contributed by atoms with Crippen LogP contribution in [0.15, 0.2) is 36.8 Å². The fraction of sp³-hybridized carbons (Fsp3) is 0.217. The van der Waals surface area contributed by atoms with Gasteiger partial charge in [-0.15, -0.1) is 11.3 Å². The number of rotatable bonds is 4. The van der Waals surface area contributed by atoms with E-state index in [1.807, 2.05) is 17.0 Å². The Morgan fingerprint density at radius 3 is 2.97 bits per heavy atom. The maximum absolute atomic E-state index is 13.1. The number of ether oxygens (including phenoxy) is 1. The SMILES string of the molecule is COc1cc2[nH]ncc2cc1Nc1ncnc2sc3c(c12)CCN(C(=O)c1ccc(Cl)n1C)C3. The highest BCUT2D eigenvalue weighted by atomic mass is 35.5. The molecular weight excluding hydrogens is 474 g/mol. The van der Waals surface area contributed by atoms with Gasteiger partial charge in [0.1, 0.15) is 33.6 Å². The third-order valence-corrected chi connectivity index (χ3v) is 7.72. The lowest BCUT2D eigenvalue weighted by molar-refractivity contribution is 0.0728. The molecule has 1 aromatic carbocycles. The Balaban J connectivity index is 1.35. The van der Waals surface area contributed by atoms with Gasteiger partial charge >= 0.3 is 0 Å². The van der Waals surface area contributed by atoms with Gasteiger partial charge in [0.15, 0.2) is 0 Å². The zero-order chi connectivity index (χ0) is 23.4. The van der Waals surface area contributed by atoms with E-state index in [2.05, 4.69) is 25.5 Å². The van der Waals surface area contributed by atoms with Crippen LogP contribution in [0.2, 0.25) is 5.15 Å². The first-order valence-corrected chi connectivity index (χ1v) is 11.9. The second kappa shape index (κ2) is 8.00. The van der Waals surface area contributed by atoms with Crippen molar-refractivity contribution in [2.24, 2.45) is 7.05 Å². The fourth-order valence-corrected chi connectivity index (χ4v) is 5.78. The number of anilines is 2. The third-order valence-electron chi connectivity index (χ3n) is 6.22. The number of benzene rings is 1. The molecule has 1 amide bonds. The van der Waals surface area contributed by atoms with Crippen molar-refractivity contribution < 1.29 is 9.53 Å². The number of hydrogen-bond acceptors (Lipinski definition) is 7. The van der Waals surface area contributed by atoms with Crippen LogP contribution < -0.4 is 10.1 Å². The molecule has 9 nitrogen and oxygen atoms in total. The highest BCUT2D eigenvalue weighted by Crippen LogP contribution is 2.40. The van der Waals surface area contributed by atoms with Crippen LogP contribution in [0.1, 0.15) is 20.9 Å². The summed E-state index contributed by atoms with van der Waals surface area (Å²) in [6.45, 7) is 1.14. The number of hydrogen-bond donors (Lipinski definition) is 2. The zero-order valence-electron chi connectivity index (χ0n) is 18.4. The van der Waals surface area contributed by atoms with Crippen LogP contribution in [0.25, 0.3) is 21.1 Å². The van der Waals surface area contributed by atoms with Gasteiger partial charge in [0.05, 0.1) is 36.4 Å². The molecule has 0 fully saturated rings. The zero-order valence-corrected chi connectivity index (χ0v) is 20.0.